The van der Waals surface area contributed by atoms with Gasteiger partial charge in [0.15, 0.2) is 17.4 Å². The molecule has 1 aliphatic rings. The van der Waals surface area contributed by atoms with Crippen LogP contribution in [0.4, 0.5) is 8.78 Å². The quantitative estimate of drug-likeness (QED) is 0.701. The Morgan fingerprint density at radius 1 is 1.33 bits per heavy atom. The van der Waals surface area contributed by atoms with E-state index in [2.05, 4.69) is 0 Å². The molecule has 1 amide bonds. The fourth-order valence-electron chi connectivity index (χ4n) is 2.34. The van der Waals surface area contributed by atoms with E-state index in [9.17, 15) is 33.5 Å². The summed E-state index contributed by atoms with van der Waals surface area (Å²) in [4.78, 5) is 35.0. The first-order valence-corrected chi connectivity index (χ1v) is 6.52. The second kappa shape index (κ2) is 5.73. The highest BCUT2D eigenvalue weighted by Gasteiger charge is 2.47. The van der Waals surface area contributed by atoms with Crippen molar-refractivity contribution in [3.05, 3.63) is 40.5 Å². The third-order valence-electron chi connectivity index (χ3n) is 3.62. The number of halogens is 2. The second-order valence-electron chi connectivity index (χ2n) is 5.18. The van der Waals surface area contributed by atoms with Crippen LogP contribution in [0.5, 0.6) is 0 Å². The van der Waals surface area contributed by atoms with E-state index in [1.807, 2.05) is 5.32 Å². The van der Waals surface area contributed by atoms with Gasteiger partial charge in [0.05, 0.1) is 6.07 Å². The van der Waals surface area contributed by atoms with Crippen LogP contribution in [-0.4, -0.2) is 34.4 Å². The predicted octanol–water partition coefficient (Wildman–Crippen LogP) is 0.799. The van der Waals surface area contributed by atoms with Crippen molar-refractivity contribution in [1.82, 2.24) is 5.32 Å². The van der Waals surface area contributed by atoms with Crippen LogP contribution in [-0.2, 0) is 19.8 Å². The van der Waals surface area contributed by atoms with E-state index in [0.29, 0.717) is 12.1 Å². The Bertz CT molecular complexity index is 856. The van der Waals surface area contributed by atoms with Gasteiger partial charge in [-0.25, -0.2) is 8.78 Å². The topological polar surface area (TPSA) is 127 Å². The maximum absolute atomic E-state index is 13.5. The minimum Gasteiger partial charge on any atom is -0.506 e. The highest BCUT2D eigenvalue weighted by molar-refractivity contribution is 6.29. The molecule has 2 rings (SSSR count). The largest absolute Gasteiger partial charge is 0.506 e. The molecule has 1 atom stereocenters. The number of nitrogens with one attached hydrogen (secondary N) is 1. The summed E-state index contributed by atoms with van der Waals surface area (Å²) >= 11 is 0. The maximum Gasteiger partial charge on any atom is 0.322 e. The van der Waals surface area contributed by atoms with Gasteiger partial charge in [0.1, 0.15) is 23.3 Å². The molecule has 0 heterocycles. The number of carbonyl (C=O) groups is 3. The average Bonchev–Trinajstić information content (AvgIpc) is 2.53. The molecular weight excluding hydrogens is 326 g/mol. The number of nitriles is 1. The fourth-order valence-corrected chi connectivity index (χ4v) is 2.34. The minimum atomic E-state index is -2.05. The molecule has 0 bridgehead atoms. The van der Waals surface area contributed by atoms with Crippen LogP contribution in [0.1, 0.15) is 18.1 Å². The van der Waals surface area contributed by atoms with Gasteiger partial charge in [-0.1, -0.05) is 0 Å². The standard InChI is InChI=1S/C15H10F2N2O5/c1-15(5-18)7-3-9(17)8(16)2-6(7)12(22)11(13(15)23)14(24)19-4-10(20)21/h2-3,22H,4H2,1H3,(H,19,24)(H,20,21)/t15-/m0/s1. The highest BCUT2D eigenvalue weighted by atomic mass is 19.2. The Hall–Kier alpha value is -3.28. The van der Waals surface area contributed by atoms with Gasteiger partial charge < -0.3 is 15.5 Å². The first-order valence-electron chi connectivity index (χ1n) is 6.52. The van der Waals surface area contributed by atoms with E-state index in [0.717, 1.165) is 6.92 Å². The van der Waals surface area contributed by atoms with E-state index in [4.69, 9.17) is 5.11 Å². The van der Waals surface area contributed by atoms with Crippen LogP contribution in [0.2, 0.25) is 0 Å². The molecule has 7 nitrogen and oxygen atoms in total. The number of ketones is 1. The summed E-state index contributed by atoms with van der Waals surface area (Å²) in [6.45, 7) is 0.249. The van der Waals surface area contributed by atoms with Gasteiger partial charge in [0, 0.05) is 5.56 Å². The zero-order valence-electron chi connectivity index (χ0n) is 12.2. The number of hydrogen-bond donors (Lipinski definition) is 3. The molecule has 0 unspecified atom stereocenters. The third-order valence-corrected chi connectivity index (χ3v) is 3.62. The number of carbonyl (C=O) groups excluding carboxylic acids is 2. The lowest BCUT2D eigenvalue weighted by Gasteiger charge is -2.29. The van der Waals surface area contributed by atoms with Crippen LogP contribution < -0.4 is 5.32 Å². The molecule has 0 aliphatic heterocycles. The normalized spacial score (nSPS) is 19.5. The second-order valence-corrected chi connectivity index (χ2v) is 5.18. The number of aliphatic hydroxyl groups is 1. The van der Waals surface area contributed by atoms with Gasteiger partial charge in [-0.3, -0.25) is 14.4 Å². The Kier molecular flexibility index (Phi) is 4.08. The van der Waals surface area contributed by atoms with Crippen molar-refractivity contribution >= 4 is 23.4 Å². The molecule has 1 aromatic rings. The number of amides is 1. The number of aliphatic hydroxyl groups excluding tert-OH is 1. The Labute approximate surface area is 133 Å². The molecule has 124 valence electrons. The fraction of sp³-hybridized carbons (Fsp3) is 0.200. The summed E-state index contributed by atoms with van der Waals surface area (Å²) in [6.07, 6.45) is 0. The number of aliphatic carboxylic acids is 1. The van der Waals surface area contributed by atoms with Crippen LogP contribution in [0.3, 0.4) is 0 Å². The van der Waals surface area contributed by atoms with Crippen molar-refractivity contribution in [3.8, 4) is 6.07 Å². The van der Waals surface area contributed by atoms with Gasteiger partial charge in [0.25, 0.3) is 5.91 Å². The molecule has 0 fully saturated rings. The van der Waals surface area contributed by atoms with Crippen LogP contribution >= 0.6 is 0 Å². The van der Waals surface area contributed by atoms with E-state index < -0.39 is 58.1 Å². The van der Waals surface area contributed by atoms with E-state index in [-0.39, 0.29) is 5.56 Å². The lowest BCUT2D eigenvalue weighted by molar-refractivity contribution is -0.137. The number of carboxylic acids is 1. The number of rotatable bonds is 3. The molecule has 0 saturated heterocycles. The number of hydrogen-bond acceptors (Lipinski definition) is 5. The SMILES string of the molecule is C[C@@]1(C#N)C(=O)C(C(=O)NCC(=O)O)=C(O)c2cc(F)c(F)cc21. The van der Waals surface area contributed by atoms with Crippen molar-refractivity contribution in [2.24, 2.45) is 0 Å². The van der Waals surface area contributed by atoms with Crippen LogP contribution in [0.25, 0.3) is 5.76 Å². The zero-order valence-corrected chi connectivity index (χ0v) is 12.2. The Balaban J connectivity index is 2.69. The van der Waals surface area contributed by atoms with Gasteiger partial charge in [0.2, 0.25) is 0 Å². The lowest BCUT2D eigenvalue weighted by atomic mass is 9.70. The molecule has 1 aliphatic carbocycles. The summed E-state index contributed by atoms with van der Waals surface area (Å²) < 4.78 is 26.9. The van der Waals surface area contributed by atoms with Gasteiger partial charge in [-0.15, -0.1) is 0 Å². The monoisotopic (exact) mass is 336 g/mol. The Morgan fingerprint density at radius 2 is 1.92 bits per heavy atom. The number of nitrogens with zero attached hydrogens (tertiary/aromatic N) is 1. The third kappa shape index (κ3) is 2.48. The van der Waals surface area contributed by atoms with Crippen LogP contribution in [0.15, 0.2) is 17.7 Å². The summed E-state index contributed by atoms with van der Waals surface area (Å²) in [5, 5.41) is 29.9. The van der Waals surface area contributed by atoms with Crippen LogP contribution in [0, 0.1) is 23.0 Å². The molecule has 9 heteroatoms. The molecule has 1 aromatic carbocycles. The van der Waals surface area contributed by atoms with Crippen molar-refractivity contribution < 1.29 is 33.4 Å². The molecule has 24 heavy (non-hydrogen) atoms. The highest BCUT2D eigenvalue weighted by Crippen LogP contribution is 2.40. The molecule has 0 spiro atoms. The molecule has 0 radical (unpaired) electrons. The van der Waals surface area contributed by atoms with Gasteiger partial charge in [-0.05, 0) is 24.6 Å². The number of carboxylic acid groups (broad SMARTS) is 1. The zero-order chi connectivity index (χ0) is 18.2. The van der Waals surface area contributed by atoms with Crippen molar-refractivity contribution in [3.63, 3.8) is 0 Å². The predicted molar refractivity (Wildman–Crippen MR) is 74.5 cm³/mol. The number of fused-ring (bicyclic) bond motifs is 1. The molecule has 0 saturated carbocycles. The van der Waals surface area contributed by atoms with Crippen molar-refractivity contribution in [2.45, 2.75) is 12.3 Å². The van der Waals surface area contributed by atoms with Gasteiger partial charge >= 0.3 is 5.97 Å². The van der Waals surface area contributed by atoms with E-state index in [1.165, 1.54) is 0 Å². The lowest BCUT2D eigenvalue weighted by Crippen LogP contribution is -2.43. The number of Topliss-reactive ketones (excluding diaryl/α,β-unsaturated/α-hetero) is 1. The minimum absolute atomic E-state index is 0.291. The summed E-state index contributed by atoms with van der Waals surface area (Å²) in [5.74, 6) is -7.41. The summed E-state index contributed by atoms with van der Waals surface area (Å²) in [6, 6.07) is 2.79. The summed E-state index contributed by atoms with van der Waals surface area (Å²) in [5.41, 5.74) is -3.62. The molecular formula is C15H10F2N2O5. The maximum atomic E-state index is 13.5. The summed E-state index contributed by atoms with van der Waals surface area (Å²) in [7, 11) is 0. The van der Waals surface area contributed by atoms with Crippen molar-refractivity contribution in [1.29, 1.82) is 5.26 Å². The van der Waals surface area contributed by atoms with Gasteiger partial charge in [-0.2, -0.15) is 5.26 Å². The van der Waals surface area contributed by atoms with E-state index >= 15 is 0 Å². The first-order chi connectivity index (χ1) is 11.1. The van der Waals surface area contributed by atoms with Crippen molar-refractivity contribution in [2.75, 3.05) is 6.54 Å². The average molecular weight is 336 g/mol. The Morgan fingerprint density at radius 3 is 2.46 bits per heavy atom. The number of benzene rings is 1. The molecule has 3 N–H and O–H groups in total. The first kappa shape index (κ1) is 17.1. The smallest absolute Gasteiger partial charge is 0.322 e. The van der Waals surface area contributed by atoms with E-state index in [1.54, 1.807) is 6.07 Å². The molecule has 0 aromatic heterocycles.